The van der Waals surface area contributed by atoms with Crippen molar-refractivity contribution < 1.29 is 13.9 Å². The third-order valence-corrected chi connectivity index (χ3v) is 2.20. The minimum Gasteiger partial charge on any atom is -0.392 e. The van der Waals surface area contributed by atoms with E-state index in [1.165, 1.54) is 0 Å². The number of aromatic nitrogens is 1. The molecule has 0 aromatic carbocycles. The summed E-state index contributed by atoms with van der Waals surface area (Å²) < 4.78 is 24.3. The highest BCUT2D eigenvalue weighted by Crippen LogP contribution is 2.28. The number of alkyl halides is 2. The van der Waals surface area contributed by atoms with Crippen LogP contribution in [0, 0.1) is 0 Å². The second-order valence-corrected chi connectivity index (χ2v) is 3.01. The molecule has 1 N–H and O–H groups in total. The third-order valence-electron chi connectivity index (χ3n) is 1.41. The molecule has 0 radical (unpaired) electrons. The van der Waals surface area contributed by atoms with Crippen LogP contribution in [0.5, 0.6) is 0 Å². The SMILES string of the molecule is OCc1cc(C(F)F)nc(Cl)c1Cl. The van der Waals surface area contributed by atoms with E-state index < -0.39 is 18.7 Å². The Hall–Kier alpha value is -0.450. The second kappa shape index (κ2) is 4.17. The standard InChI is InChI=1S/C7H5Cl2F2NO/c8-5-3(2-13)1-4(7(10)11)12-6(5)9/h1,7,13H,2H2. The molecular formula is C7H5Cl2F2NO. The van der Waals surface area contributed by atoms with Gasteiger partial charge in [-0.25, -0.2) is 13.8 Å². The van der Waals surface area contributed by atoms with Crippen molar-refractivity contribution in [2.45, 2.75) is 13.0 Å². The maximum absolute atomic E-state index is 12.1. The Balaban J connectivity index is 3.22. The Morgan fingerprint density at radius 3 is 2.54 bits per heavy atom. The first-order valence-corrected chi connectivity index (χ1v) is 4.05. The van der Waals surface area contributed by atoms with Gasteiger partial charge in [0.05, 0.1) is 11.6 Å². The first-order chi connectivity index (χ1) is 6.06. The summed E-state index contributed by atoms with van der Waals surface area (Å²) in [6.45, 7) is -0.444. The largest absolute Gasteiger partial charge is 0.392 e. The Labute approximate surface area is 83.1 Å². The van der Waals surface area contributed by atoms with Gasteiger partial charge in [0.15, 0.2) is 0 Å². The molecule has 1 aromatic heterocycles. The molecule has 6 heteroatoms. The van der Waals surface area contributed by atoms with Crippen molar-refractivity contribution >= 4 is 23.2 Å². The fourth-order valence-electron chi connectivity index (χ4n) is 0.796. The minimum absolute atomic E-state index is 0.00793. The normalized spacial score (nSPS) is 10.9. The van der Waals surface area contributed by atoms with Gasteiger partial charge in [0.1, 0.15) is 10.8 Å². The van der Waals surface area contributed by atoms with Gasteiger partial charge in [0.2, 0.25) is 0 Å². The molecule has 0 saturated heterocycles. The van der Waals surface area contributed by atoms with Gasteiger partial charge in [0, 0.05) is 5.56 Å². The van der Waals surface area contributed by atoms with Crippen molar-refractivity contribution in [3.8, 4) is 0 Å². The molecule has 0 aliphatic heterocycles. The fraction of sp³-hybridized carbons (Fsp3) is 0.286. The van der Waals surface area contributed by atoms with Crippen LogP contribution in [-0.4, -0.2) is 10.1 Å². The Bertz CT molecular complexity index is 320. The highest BCUT2D eigenvalue weighted by molar-refractivity contribution is 6.41. The Kier molecular flexibility index (Phi) is 3.41. The number of nitrogens with zero attached hydrogens (tertiary/aromatic N) is 1. The minimum atomic E-state index is -2.72. The fourth-order valence-corrected chi connectivity index (χ4v) is 1.17. The van der Waals surface area contributed by atoms with Crippen molar-refractivity contribution in [3.63, 3.8) is 0 Å². The van der Waals surface area contributed by atoms with Gasteiger partial charge in [-0.05, 0) is 6.07 Å². The van der Waals surface area contributed by atoms with Crippen LogP contribution in [-0.2, 0) is 6.61 Å². The van der Waals surface area contributed by atoms with Crippen LogP contribution in [0.15, 0.2) is 6.07 Å². The lowest BCUT2D eigenvalue weighted by molar-refractivity contribution is 0.145. The van der Waals surface area contributed by atoms with Crippen molar-refractivity contribution in [1.29, 1.82) is 0 Å². The number of hydrogen-bond acceptors (Lipinski definition) is 2. The summed E-state index contributed by atoms with van der Waals surface area (Å²) in [7, 11) is 0. The summed E-state index contributed by atoms with van der Waals surface area (Å²) in [5.74, 6) is 0. The number of rotatable bonds is 2. The molecule has 0 bridgehead atoms. The van der Waals surface area contributed by atoms with E-state index in [4.69, 9.17) is 28.3 Å². The number of aliphatic hydroxyl groups excluding tert-OH is 1. The Morgan fingerprint density at radius 1 is 1.46 bits per heavy atom. The molecule has 72 valence electrons. The van der Waals surface area contributed by atoms with Crippen LogP contribution >= 0.6 is 23.2 Å². The van der Waals surface area contributed by atoms with Gasteiger partial charge in [-0.15, -0.1) is 0 Å². The number of aliphatic hydroxyl groups is 1. The number of halogens is 4. The molecular weight excluding hydrogens is 223 g/mol. The molecule has 13 heavy (non-hydrogen) atoms. The van der Waals surface area contributed by atoms with E-state index in [2.05, 4.69) is 4.98 Å². The predicted molar refractivity (Wildman–Crippen MR) is 45.1 cm³/mol. The zero-order valence-corrected chi connectivity index (χ0v) is 7.78. The molecule has 1 heterocycles. The van der Waals surface area contributed by atoms with Crippen molar-refractivity contribution in [1.82, 2.24) is 4.98 Å². The Morgan fingerprint density at radius 2 is 2.08 bits per heavy atom. The molecule has 0 aliphatic rings. The van der Waals surface area contributed by atoms with E-state index in [0.717, 1.165) is 6.07 Å². The first kappa shape index (κ1) is 10.6. The number of hydrogen-bond donors (Lipinski definition) is 1. The van der Waals surface area contributed by atoms with Crippen LogP contribution in [0.4, 0.5) is 8.78 Å². The van der Waals surface area contributed by atoms with Crippen molar-refractivity contribution in [3.05, 3.63) is 27.5 Å². The molecule has 0 unspecified atom stereocenters. The molecule has 0 saturated carbocycles. The zero-order chi connectivity index (χ0) is 10.0. The summed E-state index contributed by atoms with van der Waals surface area (Å²) in [6, 6.07) is 1.03. The molecule has 1 rings (SSSR count). The average Bonchev–Trinajstić information content (AvgIpc) is 2.09. The summed E-state index contributed by atoms with van der Waals surface area (Å²) >= 11 is 11.0. The van der Waals surface area contributed by atoms with Crippen LogP contribution in [0.3, 0.4) is 0 Å². The summed E-state index contributed by atoms with van der Waals surface area (Å²) in [4.78, 5) is 3.35. The van der Waals surface area contributed by atoms with E-state index in [9.17, 15) is 8.78 Å². The maximum Gasteiger partial charge on any atom is 0.280 e. The molecule has 0 amide bonds. The summed E-state index contributed by atoms with van der Waals surface area (Å²) in [6.07, 6.45) is -2.72. The predicted octanol–water partition coefficient (Wildman–Crippen LogP) is 2.82. The van der Waals surface area contributed by atoms with Gasteiger partial charge in [0.25, 0.3) is 6.43 Å². The lowest BCUT2D eigenvalue weighted by Gasteiger charge is -2.05. The molecule has 1 aromatic rings. The van der Waals surface area contributed by atoms with Crippen LogP contribution in [0.25, 0.3) is 0 Å². The number of pyridine rings is 1. The van der Waals surface area contributed by atoms with Gasteiger partial charge >= 0.3 is 0 Å². The van der Waals surface area contributed by atoms with E-state index in [1.54, 1.807) is 0 Å². The summed E-state index contributed by atoms with van der Waals surface area (Å²) in [5.41, 5.74) is -0.338. The molecule has 2 nitrogen and oxygen atoms in total. The first-order valence-electron chi connectivity index (χ1n) is 3.30. The quantitative estimate of drug-likeness (QED) is 0.789. The lowest BCUT2D eigenvalue weighted by atomic mass is 10.2. The molecule has 0 atom stereocenters. The van der Waals surface area contributed by atoms with Crippen LogP contribution in [0.1, 0.15) is 17.7 Å². The van der Waals surface area contributed by atoms with Crippen molar-refractivity contribution in [2.24, 2.45) is 0 Å². The smallest absolute Gasteiger partial charge is 0.280 e. The molecule has 0 spiro atoms. The summed E-state index contributed by atoms with van der Waals surface area (Å²) in [5, 5.41) is 8.52. The van der Waals surface area contributed by atoms with Crippen LogP contribution in [0.2, 0.25) is 10.2 Å². The van der Waals surface area contributed by atoms with E-state index >= 15 is 0 Å². The third kappa shape index (κ3) is 2.27. The van der Waals surface area contributed by atoms with Gasteiger partial charge in [-0.2, -0.15) is 0 Å². The second-order valence-electron chi connectivity index (χ2n) is 2.27. The van der Waals surface area contributed by atoms with E-state index in [1.807, 2.05) is 0 Å². The topological polar surface area (TPSA) is 33.1 Å². The highest BCUT2D eigenvalue weighted by atomic mass is 35.5. The van der Waals surface area contributed by atoms with Gasteiger partial charge < -0.3 is 5.11 Å². The maximum atomic E-state index is 12.1. The molecule has 0 aliphatic carbocycles. The van der Waals surface area contributed by atoms with Gasteiger partial charge in [-0.1, -0.05) is 23.2 Å². The highest BCUT2D eigenvalue weighted by Gasteiger charge is 2.14. The zero-order valence-electron chi connectivity index (χ0n) is 6.27. The van der Waals surface area contributed by atoms with Crippen molar-refractivity contribution in [2.75, 3.05) is 0 Å². The molecule has 0 fully saturated rings. The van der Waals surface area contributed by atoms with E-state index in [0.29, 0.717) is 0 Å². The lowest BCUT2D eigenvalue weighted by Crippen LogP contribution is -1.96. The average molecular weight is 228 g/mol. The monoisotopic (exact) mass is 227 g/mol. The van der Waals surface area contributed by atoms with E-state index in [-0.39, 0.29) is 15.7 Å². The van der Waals surface area contributed by atoms with Crippen LogP contribution < -0.4 is 0 Å². The van der Waals surface area contributed by atoms with Gasteiger partial charge in [-0.3, -0.25) is 0 Å².